The van der Waals surface area contributed by atoms with Gasteiger partial charge in [0.1, 0.15) is 11.6 Å². The van der Waals surface area contributed by atoms with E-state index in [1.165, 1.54) is 48.2 Å². The third-order valence-electron chi connectivity index (χ3n) is 4.03. The van der Waals surface area contributed by atoms with Gasteiger partial charge in [-0.05, 0) is 35.4 Å². The second-order valence-corrected chi connectivity index (χ2v) is 7.03. The number of aromatic nitrogens is 1. The van der Waals surface area contributed by atoms with Gasteiger partial charge in [-0.25, -0.2) is 9.78 Å². The van der Waals surface area contributed by atoms with Crippen LogP contribution in [0, 0.1) is 20.2 Å². The van der Waals surface area contributed by atoms with E-state index < -0.39 is 15.8 Å². The molecule has 1 aromatic heterocycles. The standard InChI is InChI=1S/C20H15N3O6S/c24-20(29-12-14-3-7-16(8-4-14)22(25)26)18-2-1-11-21-19(18)30-13-15-5-9-17(10-6-15)23(27)28/h1-11H,12-13H2. The fraction of sp³-hybridized carbons (Fsp3) is 0.100. The van der Waals surface area contributed by atoms with Crippen LogP contribution >= 0.6 is 11.8 Å². The first-order valence-corrected chi connectivity index (χ1v) is 9.64. The lowest BCUT2D eigenvalue weighted by molar-refractivity contribution is -0.385. The van der Waals surface area contributed by atoms with E-state index in [0.717, 1.165) is 5.56 Å². The Morgan fingerprint density at radius 3 is 2.03 bits per heavy atom. The van der Waals surface area contributed by atoms with Crippen LogP contribution in [0.25, 0.3) is 0 Å². The molecule has 3 aromatic rings. The zero-order valence-electron chi connectivity index (χ0n) is 15.5. The molecule has 0 aliphatic rings. The van der Waals surface area contributed by atoms with Gasteiger partial charge in [-0.2, -0.15) is 0 Å². The minimum atomic E-state index is -0.562. The minimum absolute atomic E-state index is 0.0112. The molecule has 0 N–H and O–H groups in total. The zero-order chi connectivity index (χ0) is 21.5. The number of thioether (sulfide) groups is 1. The van der Waals surface area contributed by atoms with E-state index >= 15 is 0 Å². The molecule has 0 spiro atoms. The number of ether oxygens (including phenoxy) is 1. The number of hydrogen-bond donors (Lipinski definition) is 0. The van der Waals surface area contributed by atoms with Crippen molar-refractivity contribution >= 4 is 29.1 Å². The number of esters is 1. The Kier molecular flexibility index (Phi) is 6.71. The number of non-ortho nitro benzene ring substituents is 2. The fourth-order valence-corrected chi connectivity index (χ4v) is 3.41. The number of nitro benzene ring substituents is 2. The van der Waals surface area contributed by atoms with Crippen molar-refractivity contribution in [2.75, 3.05) is 0 Å². The van der Waals surface area contributed by atoms with Crippen molar-refractivity contribution in [3.63, 3.8) is 0 Å². The van der Waals surface area contributed by atoms with Crippen LogP contribution in [0.3, 0.4) is 0 Å². The number of nitrogens with zero attached hydrogens (tertiary/aromatic N) is 3. The number of carbonyl (C=O) groups excluding carboxylic acids is 1. The Balaban J connectivity index is 1.62. The summed E-state index contributed by atoms with van der Waals surface area (Å²) >= 11 is 1.31. The Hall–Kier alpha value is -3.79. The first-order valence-electron chi connectivity index (χ1n) is 8.65. The predicted octanol–water partition coefficient (Wildman–Crippen LogP) is 4.55. The first-order chi connectivity index (χ1) is 14.4. The summed E-state index contributed by atoms with van der Waals surface area (Å²) in [5.74, 6) is -0.0925. The Morgan fingerprint density at radius 2 is 1.47 bits per heavy atom. The topological polar surface area (TPSA) is 125 Å². The molecule has 9 nitrogen and oxygen atoms in total. The van der Waals surface area contributed by atoms with E-state index in [-0.39, 0.29) is 18.0 Å². The molecule has 152 valence electrons. The highest BCUT2D eigenvalue weighted by Gasteiger charge is 2.15. The molecule has 0 saturated carbocycles. The molecule has 0 amide bonds. The number of carbonyl (C=O) groups is 1. The molecule has 0 unspecified atom stereocenters. The van der Waals surface area contributed by atoms with Gasteiger partial charge in [0.05, 0.1) is 15.4 Å². The Labute approximate surface area is 175 Å². The van der Waals surface area contributed by atoms with Crippen LogP contribution in [0.4, 0.5) is 11.4 Å². The van der Waals surface area contributed by atoms with Gasteiger partial charge in [-0.1, -0.05) is 12.1 Å². The van der Waals surface area contributed by atoms with Crippen molar-refractivity contribution in [3.8, 4) is 0 Å². The third kappa shape index (κ3) is 5.39. The van der Waals surface area contributed by atoms with Crippen molar-refractivity contribution in [3.05, 3.63) is 104 Å². The molecule has 1 heterocycles. The summed E-state index contributed by atoms with van der Waals surface area (Å²) in [7, 11) is 0. The maximum atomic E-state index is 12.5. The largest absolute Gasteiger partial charge is 0.457 e. The zero-order valence-corrected chi connectivity index (χ0v) is 16.3. The molecule has 10 heteroatoms. The molecule has 30 heavy (non-hydrogen) atoms. The summed E-state index contributed by atoms with van der Waals surface area (Å²) in [6, 6.07) is 15.1. The molecule has 0 atom stereocenters. The van der Waals surface area contributed by atoms with Gasteiger partial charge >= 0.3 is 5.97 Å². The summed E-state index contributed by atoms with van der Waals surface area (Å²) in [4.78, 5) is 37.2. The number of hydrogen-bond acceptors (Lipinski definition) is 8. The molecule has 2 aromatic carbocycles. The number of pyridine rings is 1. The summed E-state index contributed by atoms with van der Waals surface area (Å²) in [5, 5.41) is 21.9. The SMILES string of the molecule is O=C(OCc1ccc([N+](=O)[O-])cc1)c1cccnc1SCc1ccc([N+](=O)[O-])cc1. The summed E-state index contributed by atoms with van der Waals surface area (Å²) in [6.45, 7) is -0.0296. The quantitative estimate of drug-likeness (QED) is 0.223. The average Bonchev–Trinajstić information content (AvgIpc) is 2.76. The highest BCUT2D eigenvalue weighted by molar-refractivity contribution is 7.98. The van der Waals surface area contributed by atoms with E-state index in [1.807, 2.05) is 0 Å². The maximum Gasteiger partial charge on any atom is 0.341 e. The van der Waals surface area contributed by atoms with E-state index in [4.69, 9.17) is 4.74 Å². The van der Waals surface area contributed by atoms with Crippen LogP contribution < -0.4 is 0 Å². The summed E-state index contributed by atoms with van der Waals surface area (Å²) < 4.78 is 5.31. The lowest BCUT2D eigenvalue weighted by Gasteiger charge is -2.09. The van der Waals surface area contributed by atoms with E-state index in [9.17, 15) is 25.0 Å². The van der Waals surface area contributed by atoms with Gasteiger partial charge in [-0.3, -0.25) is 20.2 Å². The predicted molar refractivity (Wildman–Crippen MR) is 109 cm³/mol. The molecule has 0 aliphatic carbocycles. The highest BCUT2D eigenvalue weighted by Crippen LogP contribution is 2.26. The maximum absolute atomic E-state index is 12.5. The molecule has 0 radical (unpaired) electrons. The summed E-state index contributed by atoms with van der Waals surface area (Å²) in [5.41, 5.74) is 1.74. The number of nitro groups is 2. The van der Waals surface area contributed by atoms with Crippen molar-refractivity contribution < 1.29 is 19.4 Å². The lowest BCUT2D eigenvalue weighted by atomic mass is 10.2. The average molecular weight is 425 g/mol. The van der Waals surface area contributed by atoms with Gasteiger partial charge in [-0.15, -0.1) is 11.8 Å². The van der Waals surface area contributed by atoms with Gasteiger partial charge in [0, 0.05) is 36.2 Å². The van der Waals surface area contributed by atoms with Crippen LogP contribution in [0.2, 0.25) is 0 Å². The number of rotatable bonds is 8. The van der Waals surface area contributed by atoms with Crippen LogP contribution in [-0.2, 0) is 17.1 Å². The smallest absolute Gasteiger partial charge is 0.341 e. The third-order valence-corrected chi connectivity index (χ3v) is 5.11. The van der Waals surface area contributed by atoms with Crippen LogP contribution in [-0.4, -0.2) is 20.8 Å². The second-order valence-electron chi connectivity index (χ2n) is 6.07. The van der Waals surface area contributed by atoms with Crippen molar-refractivity contribution in [2.45, 2.75) is 17.4 Å². The highest BCUT2D eigenvalue weighted by atomic mass is 32.2. The molecule has 3 rings (SSSR count). The molecule has 0 bridgehead atoms. The van der Waals surface area contributed by atoms with Gasteiger partial charge in [0.25, 0.3) is 11.4 Å². The van der Waals surface area contributed by atoms with Crippen LogP contribution in [0.15, 0.2) is 71.9 Å². The minimum Gasteiger partial charge on any atom is -0.457 e. The Bertz CT molecular complexity index is 1070. The van der Waals surface area contributed by atoms with Crippen molar-refractivity contribution in [1.82, 2.24) is 4.98 Å². The van der Waals surface area contributed by atoms with Crippen LogP contribution in [0.1, 0.15) is 21.5 Å². The van der Waals surface area contributed by atoms with Gasteiger partial charge in [0.2, 0.25) is 0 Å². The monoisotopic (exact) mass is 425 g/mol. The van der Waals surface area contributed by atoms with Gasteiger partial charge < -0.3 is 4.74 Å². The van der Waals surface area contributed by atoms with Gasteiger partial charge in [0.15, 0.2) is 0 Å². The van der Waals surface area contributed by atoms with Crippen LogP contribution in [0.5, 0.6) is 0 Å². The first kappa shape index (κ1) is 20.9. The molecule has 0 fully saturated rings. The normalized spacial score (nSPS) is 10.4. The Morgan fingerprint density at radius 1 is 0.900 bits per heavy atom. The van der Waals surface area contributed by atoms with E-state index in [2.05, 4.69) is 4.98 Å². The molecular weight excluding hydrogens is 410 g/mol. The number of benzene rings is 2. The van der Waals surface area contributed by atoms with Crippen molar-refractivity contribution in [2.24, 2.45) is 0 Å². The summed E-state index contributed by atoms with van der Waals surface area (Å²) in [6.07, 6.45) is 1.56. The molecule has 0 aliphatic heterocycles. The lowest BCUT2D eigenvalue weighted by Crippen LogP contribution is -2.07. The van der Waals surface area contributed by atoms with Crippen molar-refractivity contribution in [1.29, 1.82) is 0 Å². The fourth-order valence-electron chi connectivity index (χ4n) is 2.47. The second kappa shape index (κ2) is 9.61. The van der Waals surface area contributed by atoms with E-state index in [1.54, 1.807) is 30.5 Å². The van der Waals surface area contributed by atoms with E-state index in [0.29, 0.717) is 21.9 Å². The molecule has 0 saturated heterocycles. The molecular formula is C20H15N3O6S.